The zero-order valence-corrected chi connectivity index (χ0v) is 22.0. The number of amides is 1. The van der Waals surface area contributed by atoms with E-state index < -0.39 is 6.04 Å². The molecule has 8 heteroatoms. The summed E-state index contributed by atoms with van der Waals surface area (Å²) in [6.07, 6.45) is 3.81. The Morgan fingerprint density at radius 2 is 1.86 bits per heavy atom. The van der Waals surface area contributed by atoms with Gasteiger partial charge in [0, 0.05) is 11.3 Å². The monoisotopic (exact) mass is 506 g/mol. The third kappa shape index (κ3) is 4.78. The number of nitrogens with one attached hydrogen (secondary N) is 1. The highest BCUT2D eigenvalue weighted by molar-refractivity contribution is 7.98. The van der Waals surface area contributed by atoms with Crippen LogP contribution in [0.2, 0.25) is 0 Å². The fourth-order valence-electron chi connectivity index (χ4n) is 4.65. The number of methoxy groups -OCH3 is 3. The molecule has 0 fully saturated rings. The van der Waals surface area contributed by atoms with Crippen LogP contribution in [0.15, 0.2) is 52.2 Å². The third-order valence-corrected chi connectivity index (χ3v) is 7.20. The molecular weight excluding hydrogens is 476 g/mol. The van der Waals surface area contributed by atoms with Gasteiger partial charge in [-0.15, -0.1) is 11.8 Å². The molecule has 1 N–H and O–H groups in total. The van der Waals surface area contributed by atoms with E-state index in [0.29, 0.717) is 40.7 Å². The zero-order valence-electron chi connectivity index (χ0n) is 21.1. The summed E-state index contributed by atoms with van der Waals surface area (Å²) in [7, 11) is 4.74. The van der Waals surface area contributed by atoms with Crippen LogP contribution in [0.1, 0.15) is 46.7 Å². The summed E-state index contributed by atoms with van der Waals surface area (Å²) in [6.45, 7) is 2.00. The summed E-state index contributed by atoms with van der Waals surface area (Å²) in [5.74, 6) is 1.29. The van der Waals surface area contributed by atoms with E-state index in [1.165, 1.54) is 11.8 Å². The second-order valence-corrected chi connectivity index (χ2v) is 9.24. The van der Waals surface area contributed by atoms with Crippen LogP contribution in [0.5, 0.6) is 17.2 Å². The van der Waals surface area contributed by atoms with Crippen LogP contribution < -0.4 is 25.0 Å². The van der Waals surface area contributed by atoms with Gasteiger partial charge in [-0.25, -0.2) is 4.98 Å². The molecule has 0 saturated carbocycles. The molecule has 1 atom stereocenters. The molecular formula is C28H30N2O5S. The smallest absolute Gasteiger partial charge is 0.270 e. The van der Waals surface area contributed by atoms with E-state index in [1.807, 2.05) is 43.5 Å². The van der Waals surface area contributed by atoms with Crippen molar-refractivity contribution in [2.45, 2.75) is 37.1 Å². The maximum Gasteiger partial charge on any atom is 0.270 e. The second kappa shape index (κ2) is 11.0. The summed E-state index contributed by atoms with van der Waals surface area (Å²) < 4.78 is 17.1. The Balaban J connectivity index is 1.91. The number of benzene rings is 1. The number of carbonyl (C=O) groups is 1. The summed E-state index contributed by atoms with van der Waals surface area (Å²) in [6, 6.07) is 12.3. The highest BCUT2D eigenvalue weighted by Crippen LogP contribution is 2.50. The molecule has 1 aliphatic carbocycles. The predicted molar refractivity (Wildman–Crippen MR) is 142 cm³/mol. The summed E-state index contributed by atoms with van der Waals surface area (Å²) >= 11 is 1.39. The van der Waals surface area contributed by atoms with Crippen LogP contribution >= 0.6 is 11.8 Å². The van der Waals surface area contributed by atoms with E-state index in [0.717, 1.165) is 34.4 Å². The Hall–Kier alpha value is -3.52. The first kappa shape index (κ1) is 25.6. The number of carbonyl (C=O) groups excluding carboxylic acids is 1. The average molecular weight is 507 g/mol. The minimum Gasteiger partial charge on any atom is -0.493 e. The van der Waals surface area contributed by atoms with Crippen LogP contribution in [-0.2, 0) is 12.8 Å². The molecule has 1 aliphatic rings. The van der Waals surface area contributed by atoms with Gasteiger partial charge in [0.2, 0.25) is 5.75 Å². The number of ether oxygens (including phenoxy) is 3. The molecule has 0 radical (unpaired) electrons. The predicted octanol–water partition coefficient (Wildman–Crippen LogP) is 4.84. The molecule has 0 spiro atoms. The first-order valence-corrected chi connectivity index (χ1v) is 13.0. The Morgan fingerprint density at radius 3 is 2.53 bits per heavy atom. The lowest BCUT2D eigenvalue weighted by Gasteiger charge is -2.20. The largest absolute Gasteiger partial charge is 0.493 e. The molecule has 2 aromatic carbocycles. The number of rotatable bonds is 7. The van der Waals surface area contributed by atoms with Crippen molar-refractivity contribution in [3.8, 4) is 28.4 Å². The van der Waals surface area contributed by atoms with E-state index in [4.69, 9.17) is 14.2 Å². The number of pyridine rings is 1. The van der Waals surface area contributed by atoms with Crippen molar-refractivity contribution in [2.75, 3.05) is 27.6 Å². The van der Waals surface area contributed by atoms with Crippen LogP contribution in [0.4, 0.5) is 0 Å². The van der Waals surface area contributed by atoms with Gasteiger partial charge < -0.3 is 19.5 Å². The minimum absolute atomic E-state index is 0.100. The fraction of sp³-hybridized carbons (Fsp3) is 0.321. The number of thioether (sulfide) groups is 1. The van der Waals surface area contributed by atoms with Crippen molar-refractivity contribution in [1.82, 2.24) is 10.3 Å². The number of aryl methyl sites for hydroxylation is 2. The Labute approximate surface area is 215 Å². The molecule has 0 unspecified atom stereocenters. The van der Waals surface area contributed by atoms with E-state index in [1.54, 1.807) is 33.5 Å². The number of fused-ring (bicyclic) bond motifs is 3. The van der Waals surface area contributed by atoms with Gasteiger partial charge >= 0.3 is 0 Å². The van der Waals surface area contributed by atoms with Crippen molar-refractivity contribution < 1.29 is 19.0 Å². The second-order valence-electron chi connectivity index (χ2n) is 8.39. The van der Waals surface area contributed by atoms with E-state index in [-0.39, 0.29) is 11.3 Å². The van der Waals surface area contributed by atoms with Gasteiger partial charge in [-0.3, -0.25) is 9.59 Å². The first-order chi connectivity index (χ1) is 17.4. The molecule has 0 saturated heterocycles. The molecule has 36 heavy (non-hydrogen) atoms. The number of aromatic nitrogens is 1. The lowest BCUT2D eigenvalue weighted by atomic mass is 9.95. The van der Waals surface area contributed by atoms with Crippen LogP contribution in [-0.4, -0.2) is 38.5 Å². The van der Waals surface area contributed by atoms with Gasteiger partial charge in [0.05, 0.1) is 32.3 Å². The summed E-state index contributed by atoms with van der Waals surface area (Å²) in [5.41, 5.74) is 4.44. The SMILES string of the molecule is CCc1cccc(C(=O)N[C@H]2CCc3cc(OC)c(OC)c(OC)c3-c3ccc(SC)c(=O)cc32)n1. The Bertz CT molecular complexity index is 1360. The van der Waals surface area contributed by atoms with Crippen molar-refractivity contribution in [3.05, 3.63) is 75.2 Å². The van der Waals surface area contributed by atoms with E-state index >= 15 is 0 Å². The summed E-state index contributed by atoms with van der Waals surface area (Å²) in [5, 5.41) is 3.14. The van der Waals surface area contributed by atoms with Gasteiger partial charge in [0.15, 0.2) is 16.9 Å². The van der Waals surface area contributed by atoms with E-state index in [9.17, 15) is 9.59 Å². The zero-order chi connectivity index (χ0) is 25.8. The Kier molecular flexibility index (Phi) is 7.84. The van der Waals surface area contributed by atoms with Crippen molar-refractivity contribution >= 4 is 17.7 Å². The van der Waals surface area contributed by atoms with Gasteiger partial charge in [-0.05, 0) is 72.5 Å². The highest BCUT2D eigenvalue weighted by atomic mass is 32.2. The lowest BCUT2D eigenvalue weighted by Crippen LogP contribution is -2.30. The van der Waals surface area contributed by atoms with Crippen LogP contribution in [0, 0.1) is 0 Å². The molecule has 3 aromatic rings. The summed E-state index contributed by atoms with van der Waals surface area (Å²) in [4.78, 5) is 31.4. The number of nitrogens with zero attached hydrogens (tertiary/aromatic N) is 1. The molecule has 0 aliphatic heterocycles. The molecule has 7 nitrogen and oxygen atoms in total. The van der Waals surface area contributed by atoms with Gasteiger partial charge in [0.1, 0.15) is 5.69 Å². The molecule has 1 heterocycles. The molecule has 1 aromatic heterocycles. The molecule has 0 bridgehead atoms. The Morgan fingerprint density at radius 1 is 1.08 bits per heavy atom. The standard InChI is InChI=1S/C28H30N2O5S/c1-6-17-8-7-9-21(29-17)28(32)30-20-12-10-16-14-23(33-2)26(34-3)27(35-4)25(16)18-11-13-24(36-5)22(31)15-19(18)20/h7-9,11,13-15,20H,6,10,12H2,1-5H3,(H,30,32)/t20-/m0/s1. The lowest BCUT2D eigenvalue weighted by molar-refractivity contribution is 0.0929. The molecule has 4 rings (SSSR count). The van der Waals surface area contributed by atoms with Gasteiger partial charge in [-0.1, -0.05) is 19.1 Å². The minimum atomic E-state index is -0.413. The van der Waals surface area contributed by atoms with Crippen molar-refractivity contribution in [3.63, 3.8) is 0 Å². The fourth-order valence-corrected chi connectivity index (χ4v) is 5.12. The number of hydrogen-bond acceptors (Lipinski definition) is 7. The van der Waals surface area contributed by atoms with E-state index in [2.05, 4.69) is 10.3 Å². The van der Waals surface area contributed by atoms with Crippen molar-refractivity contribution in [1.29, 1.82) is 0 Å². The first-order valence-electron chi connectivity index (χ1n) is 11.8. The molecule has 1 amide bonds. The topological polar surface area (TPSA) is 86.8 Å². The number of hydrogen-bond donors (Lipinski definition) is 1. The quantitative estimate of drug-likeness (QED) is 0.459. The molecule has 188 valence electrons. The van der Waals surface area contributed by atoms with Crippen molar-refractivity contribution in [2.24, 2.45) is 0 Å². The van der Waals surface area contributed by atoms with Crippen LogP contribution in [0.25, 0.3) is 11.1 Å². The highest BCUT2D eigenvalue weighted by Gasteiger charge is 2.30. The van der Waals surface area contributed by atoms with Crippen LogP contribution in [0.3, 0.4) is 0 Å². The third-order valence-electron chi connectivity index (χ3n) is 6.43. The maximum atomic E-state index is 13.3. The maximum absolute atomic E-state index is 13.3. The average Bonchev–Trinajstić information content (AvgIpc) is 3.15. The normalized spacial score (nSPS) is 14.2. The van der Waals surface area contributed by atoms with Gasteiger partial charge in [-0.2, -0.15) is 0 Å². The van der Waals surface area contributed by atoms with Gasteiger partial charge in [0.25, 0.3) is 5.91 Å².